The van der Waals surface area contributed by atoms with Gasteiger partial charge in [0.05, 0.1) is 5.02 Å². The van der Waals surface area contributed by atoms with Crippen molar-refractivity contribution in [2.45, 2.75) is 39.2 Å². The summed E-state index contributed by atoms with van der Waals surface area (Å²) in [5.74, 6) is -0.349. The van der Waals surface area contributed by atoms with Gasteiger partial charge in [0.1, 0.15) is 5.82 Å². The molecule has 1 N–H and O–H groups in total. The van der Waals surface area contributed by atoms with E-state index in [0.29, 0.717) is 5.41 Å². The van der Waals surface area contributed by atoms with Gasteiger partial charge in [-0.1, -0.05) is 37.4 Å². The van der Waals surface area contributed by atoms with Gasteiger partial charge in [-0.3, -0.25) is 0 Å². The molecular formula is C14H19ClFN. The number of hydrogen-bond donors (Lipinski definition) is 1. The van der Waals surface area contributed by atoms with Crippen LogP contribution < -0.4 is 5.32 Å². The van der Waals surface area contributed by atoms with Crippen molar-refractivity contribution in [3.8, 4) is 0 Å². The Morgan fingerprint density at radius 2 is 2.06 bits per heavy atom. The van der Waals surface area contributed by atoms with Crippen LogP contribution in [0.4, 0.5) is 4.39 Å². The van der Waals surface area contributed by atoms with Crippen LogP contribution in [0.3, 0.4) is 0 Å². The van der Waals surface area contributed by atoms with Gasteiger partial charge in [0.2, 0.25) is 0 Å². The summed E-state index contributed by atoms with van der Waals surface area (Å²) in [7, 11) is 0. The highest BCUT2D eigenvalue weighted by Gasteiger charge is 2.27. The average Bonchev–Trinajstić information content (AvgIpc) is 2.71. The lowest BCUT2D eigenvalue weighted by Gasteiger charge is -2.23. The highest BCUT2D eigenvalue weighted by atomic mass is 35.5. The summed E-state index contributed by atoms with van der Waals surface area (Å²) in [4.78, 5) is 0. The number of hydrogen-bond acceptors (Lipinski definition) is 1. The van der Waals surface area contributed by atoms with Crippen LogP contribution in [0.5, 0.6) is 0 Å². The van der Waals surface area contributed by atoms with Crippen molar-refractivity contribution in [1.29, 1.82) is 0 Å². The molecular weight excluding hydrogens is 237 g/mol. The molecule has 0 aromatic heterocycles. The minimum Gasteiger partial charge on any atom is -0.312 e. The molecule has 2 rings (SSSR count). The van der Waals surface area contributed by atoms with E-state index in [1.165, 1.54) is 31.7 Å². The van der Waals surface area contributed by atoms with Crippen LogP contribution in [0, 0.1) is 11.2 Å². The van der Waals surface area contributed by atoms with Crippen LogP contribution in [0.1, 0.15) is 38.2 Å². The van der Waals surface area contributed by atoms with Gasteiger partial charge in [-0.25, -0.2) is 4.39 Å². The van der Waals surface area contributed by atoms with E-state index in [2.05, 4.69) is 12.2 Å². The van der Waals surface area contributed by atoms with Gasteiger partial charge in [-0.05, 0) is 36.0 Å². The molecule has 0 amide bonds. The van der Waals surface area contributed by atoms with Gasteiger partial charge in [0.15, 0.2) is 0 Å². The molecule has 0 unspecified atom stereocenters. The lowest BCUT2D eigenvalue weighted by Crippen LogP contribution is -2.29. The molecule has 1 nitrogen and oxygen atoms in total. The van der Waals surface area contributed by atoms with Gasteiger partial charge < -0.3 is 5.32 Å². The molecule has 3 heteroatoms. The van der Waals surface area contributed by atoms with E-state index < -0.39 is 0 Å². The second kappa shape index (κ2) is 5.36. The Bertz CT molecular complexity index is 386. The molecule has 0 saturated heterocycles. The summed E-state index contributed by atoms with van der Waals surface area (Å²) >= 11 is 5.74. The third-order valence-electron chi connectivity index (χ3n) is 3.68. The molecule has 1 aliphatic carbocycles. The van der Waals surface area contributed by atoms with Crippen molar-refractivity contribution >= 4 is 11.6 Å². The van der Waals surface area contributed by atoms with Gasteiger partial charge in [-0.15, -0.1) is 0 Å². The molecule has 1 fully saturated rings. The van der Waals surface area contributed by atoms with Crippen molar-refractivity contribution in [2.24, 2.45) is 5.41 Å². The van der Waals surface area contributed by atoms with E-state index in [0.717, 1.165) is 18.7 Å². The highest BCUT2D eigenvalue weighted by molar-refractivity contribution is 6.30. The van der Waals surface area contributed by atoms with E-state index >= 15 is 0 Å². The number of nitrogens with one attached hydrogen (secondary N) is 1. The minimum atomic E-state index is -0.349. The zero-order chi connectivity index (χ0) is 12.3. The van der Waals surface area contributed by atoms with Gasteiger partial charge in [-0.2, -0.15) is 0 Å². The van der Waals surface area contributed by atoms with Crippen molar-refractivity contribution in [2.75, 3.05) is 6.54 Å². The van der Waals surface area contributed by atoms with Crippen LogP contribution in [-0.2, 0) is 6.54 Å². The molecule has 1 aliphatic rings. The van der Waals surface area contributed by atoms with E-state index in [-0.39, 0.29) is 10.8 Å². The average molecular weight is 256 g/mol. The van der Waals surface area contributed by atoms with Gasteiger partial charge in [0.25, 0.3) is 0 Å². The standard InChI is InChI=1S/C14H19ClFN/c1-14(6-2-3-7-14)10-17-9-11-4-5-13(16)12(15)8-11/h4-5,8,17H,2-3,6-7,9-10H2,1H3. The van der Waals surface area contributed by atoms with Crippen molar-refractivity contribution < 1.29 is 4.39 Å². The van der Waals surface area contributed by atoms with Gasteiger partial charge in [0, 0.05) is 13.1 Å². The molecule has 0 spiro atoms. The Morgan fingerprint density at radius 3 is 2.71 bits per heavy atom. The molecule has 0 radical (unpaired) electrons. The van der Waals surface area contributed by atoms with Crippen LogP contribution in [0.2, 0.25) is 5.02 Å². The van der Waals surface area contributed by atoms with Crippen molar-refractivity contribution in [3.63, 3.8) is 0 Å². The first-order valence-electron chi connectivity index (χ1n) is 6.24. The first kappa shape index (κ1) is 12.8. The van der Waals surface area contributed by atoms with Crippen molar-refractivity contribution in [1.82, 2.24) is 5.32 Å². The molecule has 17 heavy (non-hydrogen) atoms. The minimum absolute atomic E-state index is 0.205. The normalized spacial score (nSPS) is 18.5. The summed E-state index contributed by atoms with van der Waals surface area (Å²) in [6.45, 7) is 4.13. The molecule has 0 bridgehead atoms. The lowest BCUT2D eigenvalue weighted by atomic mass is 9.89. The third-order valence-corrected chi connectivity index (χ3v) is 3.97. The van der Waals surface area contributed by atoms with E-state index in [9.17, 15) is 4.39 Å². The molecule has 1 aromatic rings. The number of rotatable bonds is 4. The molecule has 1 saturated carbocycles. The second-order valence-electron chi connectivity index (χ2n) is 5.37. The fraction of sp³-hybridized carbons (Fsp3) is 0.571. The first-order chi connectivity index (χ1) is 8.09. The quantitative estimate of drug-likeness (QED) is 0.852. The predicted octanol–water partition coefficient (Wildman–Crippen LogP) is 4.15. The predicted molar refractivity (Wildman–Crippen MR) is 69.7 cm³/mol. The Balaban J connectivity index is 1.83. The lowest BCUT2D eigenvalue weighted by molar-refractivity contribution is 0.314. The fourth-order valence-electron chi connectivity index (χ4n) is 2.56. The molecule has 94 valence electrons. The SMILES string of the molecule is CC1(CNCc2ccc(F)c(Cl)c2)CCCC1. The van der Waals surface area contributed by atoms with Crippen molar-refractivity contribution in [3.05, 3.63) is 34.6 Å². The summed E-state index contributed by atoms with van der Waals surface area (Å²) in [5.41, 5.74) is 1.49. The topological polar surface area (TPSA) is 12.0 Å². The van der Waals surface area contributed by atoms with Crippen LogP contribution in [0.25, 0.3) is 0 Å². The Labute approximate surface area is 107 Å². The molecule has 0 heterocycles. The maximum atomic E-state index is 13.0. The van der Waals surface area contributed by atoms with E-state index in [1.54, 1.807) is 12.1 Å². The van der Waals surface area contributed by atoms with Gasteiger partial charge >= 0.3 is 0 Å². The second-order valence-corrected chi connectivity index (χ2v) is 5.78. The molecule has 1 aromatic carbocycles. The highest BCUT2D eigenvalue weighted by Crippen LogP contribution is 2.36. The summed E-state index contributed by atoms with van der Waals surface area (Å²) in [6, 6.07) is 4.91. The zero-order valence-electron chi connectivity index (χ0n) is 10.2. The summed E-state index contributed by atoms with van der Waals surface area (Å²) < 4.78 is 13.0. The largest absolute Gasteiger partial charge is 0.312 e. The smallest absolute Gasteiger partial charge is 0.141 e. The van der Waals surface area contributed by atoms with E-state index in [4.69, 9.17) is 11.6 Å². The van der Waals surface area contributed by atoms with E-state index in [1.807, 2.05) is 0 Å². The number of benzene rings is 1. The van der Waals surface area contributed by atoms with Crippen LogP contribution in [0.15, 0.2) is 18.2 Å². The Hall–Kier alpha value is -0.600. The Kier molecular flexibility index (Phi) is 4.05. The molecule has 0 atom stereocenters. The van der Waals surface area contributed by atoms with Crippen LogP contribution in [-0.4, -0.2) is 6.54 Å². The monoisotopic (exact) mass is 255 g/mol. The third kappa shape index (κ3) is 3.43. The summed E-state index contributed by atoms with van der Waals surface area (Å²) in [5, 5.41) is 3.65. The maximum Gasteiger partial charge on any atom is 0.141 e. The zero-order valence-corrected chi connectivity index (χ0v) is 11.0. The Morgan fingerprint density at radius 1 is 1.35 bits per heavy atom. The van der Waals surface area contributed by atoms with Crippen LogP contribution >= 0.6 is 11.6 Å². The molecule has 0 aliphatic heterocycles. The maximum absolute atomic E-state index is 13.0. The summed E-state index contributed by atoms with van der Waals surface area (Å²) in [6.07, 6.45) is 5.31. The fourth-order valence-corrected chi connectivity index (χ4v) is 2.77. The number of halogens is 2. The first-order valence-corrected chi connectivity index (χ1v) is 6.62.